The number of benzene rings is 1. The van der Waals surface area contributed by atoms with Crippen LogP contribution in [-0.4, -0.2) is 30.8 Å². The number of nitrogens with two attached hydrogens (primary N) is 1. The summed E-state index contributed by atoms with van der Waals surface area (Å²) in [5.74, 6) is 0.450. The molecule has 5 nitrogen and oxygen atoms in total. The quantitative estimate of drug-likeness (QED) is 0.678. The minimum Gasteiger partial charge on any atom is -0.484 e. The molecule has 1 aliphatic heterocycles. The topological polar surface area (TPSA) is 64.8 Å². The van der Waals surface area contributed by atoms with Crippen molar-refractivity contribution in [3.05, 3.63) is 18.2 Å². The highest BCUT2D eigenvalue weighted by molar-refractivity contribution is 5.82. The molecule has 2 N–H and O–H groups in total. The summed E-state index contributed by atoms with van der Waals surface area (Å²) in [5, 5.41) is 0. The Morgan fingerprint density at radius 3 is 2.85 bits per heavy atom. The number of nitrogens with zero attached hydrogens (tertiary/aromatic N) is 1. The first-order chi connectivity index (χ1) is 9.28. The zero-order valence-electron chi connectivity index (χ0n) is 12.5. The van der Waals surface area contributed by atoms with Gasteiger partial charge in [0.15, 0.2) is 0 Å². The Labute approximate surface area is 119 Å². The molecule has 1 aromatic rings. The standard InChI is InChI=1S/C15H22N2O3/c1-10(2)19-13(18)8-17-9-15(3,4)20-12-7-5-6-11(16)14(12)17/h5-7,10H,8-9,16H2,1-4H3. The first kappa shape index (κ1) is 14.5. The number of esters is 1. The lowest BCUT2D eigenvalue weighted by Gasteiger charge is -2.41. The van der Waals surface area contributed by atoms with E-state index in [1.54, 1.807) is 6.07 Å². The second kappa shape index (κ2) is 5.23. The molecular weight excluding hydrogens is 256 g/mol. The van der Waals surface area contributed by atoms with E-state index >= 15 is 0 Å². The van der Waals surface area contributed by atoms with Crippen molar-refractivity contribution in [3.8, 4) is 5.75 Å². The highest BCUT2D eigenvalue weighted by Crippen LogP contribution is 2.40. The predicted molar refractivity (Wildman–Crippen MR) is 79.0 cm³/mol. The van der Waals surface area contributed by atoms with Gasteiger partial charge in [-0.3, -0.25) is 4.79 Å². The van der Waals surface area contributed by atoms with E-state index in [0.717, 1.165) is 5.69 Å². The average Bonchev–Trinajstić information content (AvgIpc) is 2.25. The van der Waals surface area contributed by atoms with Crippen LogP contribution in [0.2, 0.25) is 0 Å². The van der Waals surface area contributed by atoms with Gasteiger partial charge in [0.1, 0.15) is 23.6 Å². The molecule has 0 fully saturated rings. The second-order valence-corrected chi connectivity index (χ2v) is 5.95. The molecular formula is C15H22N2O3. The molecule has 0 aromatic heterocycles. The molecule has 0 atom stereocenters. The number of anilines is 2. The molecule has 0 bridgehead atoms. The molecule has 0 saturated carbocycles. The number of rotatable bonds is 3. The van der Waals surface area contributed by atoms with E-state index in [0.29, 0.717) is 18.0 Å². The van der Waals surface area contributed by atoms with Gasteiger partial charge in [0.25, 0.3) is 0 Å². The number of fused-ring (bicyclic) bond motifs is 1. The van der Waals surface area contributed by atoms with Gasteiger partial charge in [-0.15, -0.1) is 0 Å². The van der Waals surface area contributed by atoms with Crippen molar-refractivity contribution < 1.29 is 14.3 Å². The smallest absolute Gasteiger partial charge is 0.325 e. The Morgan fingerprint density at radius 1 is 1.50 bits per heavy atom. The van der Waals surface area contributed by atoms with Gasteiger partial charge >= 0.3 is 5.97 Å². The monoisotopic (exact) mass is 278 g/mol. The van der Waals surface area contributed by atoms with Crippen LogP contribution >= 0.6 is 0 Å². The van der Waals surface area contributed by atoms with E-state index in [1.165, 1.54) is 0 Å². The minimum atomic E-state index is -0.376. The third kappa shape index (κ3) is 3.15. The van der Waals surface area contributed by atoms with Crippen molar-refractivity contribution in [3.63, 3.8) is 0 Å². The fourth-order valence-electron chi connectivity index (χ4n) is 2.42. The van der Waals surface area contributed by atoms with Crippen LogP contribution < -0.4 is 15.4 Å². The Hall–Kier alpha value is -1.91. The summed E-state index contributed by atoms with van der Waals surface area (Å²) < 4.78 is 11.1. The van der Waals surface area contributed by atoms with Gasteiger partial charge in [-0.05, 0) is 39.8 Å². The van der Waals surface area contributed by atoms with Gasteiger partial charge in [0.05, 0.1) is 18.3 Å². The van der Waals surface area contributed by atoms with E-state index in [4.69, 9.17) is 15.2 Å². The van der Waals surface area contributed by atoms with Crippen LogP contribution in [-0.2, 0) is 9.53 Å². The first-order valence-electron chi connectivity index (χ1n) is 6.80. The molecule has 0 unspecified atom stereocenters. The third-order valence-corrected chi connectivity index (χ3v) is 2.99. The molecule has 1 aliphatic rings. The van der Waals surface area contributed by atoms with Crippen molar-refractivity contribution in [2.75, 3.05) is 23.7 Å². The van der Waals surface area contributed by atoms with Gasteiger partial charge in [0.2, 0.25) is 0 Å². The predicted octanol–water partition coefficient (Wildman–Crippen LogP) is 2.20. The van der Waals surface area contributed by atoms with Crippen LogP contribution in [0, 0.1) is 0 Å². The van der Waals surface area contributed by atoms with Gasteiger partial charge < -0.3 is 20.1 Å². The van der Waals surface area contributed by atoms with Gasteiger partial charge in [-0.1, -0.05) is 6.07 Å². The highest BCUT2D eigenvalue weighted by atomic mass is 16.5. The second-order valence-electron chi connectivity index (χ2n) is 5.95. The molecule has 0 spiro atoms. The zero-order chi connectivity index (χ0) is 14.9. The molecule has 1 heterocycles. The summed E-state index contributed by atoms with van der Waals surface area (Å²) >= 11 is 0. The fraction of sp³-hybridized carbons (Fsp3) is 0.533. The maximum Gasteiger partial charge on any atom is 0.325 e. The Bertz CT molecular complexity index is 512. The fourth-order valence-corrected chi connectivity index (χ4v) is 2.42. The summed E-state index contributed by atoms with van der Waals surface area (Å²) in [6.45, 7) is 8.40. The van der Waals surface area contributed by atoms with Crippen LogP contribution in [0.3, 0.4) is 0 Å². The van der Waals surface area contributed by atoms with E-state index in [1.807, 2.05) is 44.7 Å². The van der Waals surface area contributed by atoms with Crippen molar-refractivity contribution in [2.45, 2.75) is 39.4 Å². The van der Waals surface area contributed by atoms with E-state index in [9.17, 15) is 4.79 Å². The number of hydrogen-bond acceptors (Lipinski definition) is 5. The summed E-state index contributed by atoms with van der Waals surface area (Å²) in [5.41, 5.74) is 7.03. The lowest BCUT2D eigenvalue weighted by atomic mass is 10.0. The number of carbonyl (C=O) groups is 1. The van der Waals surface area contributed by atoms with Crippen LogP contribution in [0.15, 0.2) is 18.2 Å². The summed E-state index contributed by atoms with van der Waals surface area (Å²) in [4.78, 5) is 13.8. The maximum atomic E-state index is 11.9. The number of nitrogen functional groups attached to an aromatic ring is 1. The summed E-state index contributed by atoms with van der Waals surface area (Å²) in [6.07, 6.45) is -0.121. The lowest BCUT2D eigenvalue weighted by molar-refractivity contribution is -0.145. The third-order valence-electron chi connectivity index (χ3n) is 2.99. The SMILES string of the molecule is CC(C)OC(=O)CN1CC(C)(C)Oc2cccc(N)c21. The van der Waals surface area contributed by atoms with Crippen LogP contribution in [0.25, 0.3) is 0 Å². The summed E-state index contributed by atoms with van der Waals surface area (Å²) in [6, 6.07) is 5.52. The molecule has 0 radical (unpaired) electrons. The highest BCUT2D eigenvalue weighted by Gasteiger charge is 2.34. The van der Waals surface area contributed by atoms with E-state index in [-0.39, 0.29) is 24.2 Å². The Morgan fingerprint density at radius 2 is 2.20 bits per heavy atom. The van der Waals surface area contributed by atoms with Crippen LogP contribution in [0.4, 0.5) is 11.4 Å². The van der Waals surface area contributed by atoms with Gasteiger partial charge in [-0.25, -0.2) is 0 Å². The van der Waals surface area contributed by atoms with Crippen LogP contribution in [0.1, 0.15) is 27.7 Å². The number of para-hydroxylation sites is 1. The zero-order valence-corrected chi connectivity index (χ0v) is 12.5. The molecule has 20 heavy (non-hydrogen) atoms. The van der Waals surface area contributed by atoms with E-state index in [2.05, 4.69) is 0 Å². The first-order valence-corrected chi connectivity index (χ1v) is 6.80. The average molecular weight is 278 g/mol. The number of ether oxygens (including phenoxy) is 2. The largest absolute Gasteiger partial charge is 0.484 e. The van der Waals surface area contributed by atoms with Gasteiger partial charge in [-0.2, -0.15) is 0 Å². The summed E-state index contributed by atoms with van der Waals surface area (Å²) in [7, 11) is 0. The van der Waals surface area contributed by atoms with E-state index < -0.39 is 0 Å². The molecule has 110 valence electrons. The van der Waals surface area contributed by atoms with Crippen molar-refractivity contribution in [1.82, 2.24) is 0 Å². The molecule has 5 heteroatoms. The number of carbonyl (C=O) groups excluding carboxylic acids is 1. The molecule has 1 aromatic carbocycles. The maximum absolute atomic E-state index is 11.9. The van der Waals surface area contributed by atoms with Gasteiger partial charge in [0, 0.05) is 0 Å². The molecule has 0 aliphatic carbocycles. The van der Waals surface area contributed by atoms with Crippen LogP contribution in [0.5, 0.6) is 5.75 Å². The minimum absolute atomic E-state index is 0.121. The Balaban J connectivity index is 2.27. The van der Waals surface area contributed by atoms with Crippen molar-refractivity contribution in [1.29, 1.82) is 0 Å². The molecule has 0 amide bonds. The molecule has 2 rings (SSSR count). The lowest BCUT2D eigenvalue weighted by Crippen LogP contribution is -2.49. The normalized spacial score (nSPS) is 16.6. The van der Waals surface area contributed by atoms with Crippen molar-refractivity contribution >= 4 is 17.3 Å². The number of hydrogen-bond donors (Lipinski definition) is 1. The molecule has 0 saturated heterocycles. The Kier molecular flexibility index (Phi) is 3.79. The van der Waals surface area contributed by atoms with Crippen molar-refractivity contribution in [2.24, 2.45) is 0 Å².